The molecule has 0 unspecified atom stereocenters. The molecule has 1 fully saturated rings. The highest BCUT2D eigenvalue weighted by atomic mass is 35.5. The number of aryl methyl sites for hydroxylation is 1. The second-order valence-corrected chi connectivity index (χ2v) is 6.00. The third kappa shape index (κ3) is 3.98. The van der Waals surface area contributed by atoms with Gasteiger partial charge in [-0.25, -0.2) is 9.97 Å². The van der Waals surface area contributed by atoms with Crippen molar-refractivity contribution in [2.24, 2.45) is 0 Å². The molecule has 1 saturated heterocycles. The second-order valence-electron chi connectivity index (χ2n) is 5.61. The van der Waals surface area contributed by atoms with Crippen LogP contribution in [-0.4, -0.2) is 39.0 Å². The predicted octanol–water partition coefficient (Wildman–Crippen LogP) is 2.04. The van der Waals surface area contributed by atoms with Crippen LogP contribution in [0.25, 0.3) is 0 Å². The first-order valence-electron chi connectivity index (χ1n) is 7.59. The van der Waals surface area contributed by atoms with E-state index in [1.807, 2.05) is 11.0 Å². The van der Waals surface area contributed by atoms with Crippen LogP contribution in [0.4, 0.5) is 5.95 Å². The van der Waals surface area contributed by atoms with Gasteiger partial charge in [0.05, 0.1) is 0 Å². The summed E-state index contributed by atoms with van der Waals surface area (Å²) in [5.41, 5.74) is 6.59. The summed E-state index contributed by atoms with van der Waals surface area (Å²) in [5.74, 6) is 1.39. The first-order chi connectivity index (χ1) is 11.1. The molecule has 7 nitrogen and oxygen atoms in total. The second kappa shape index (κ2) is 6.95. The highest BCUT2D eigenvalue weighted by Gasteiger charge is 2.24. The monoisotopic (exact) mass is 335 g/mol. The molecule has 1 aliphatic rings. The van der Waals surface area contributed by atoms with Crippen molar-refractivity contribution in [3.63, 3.8) is 0 Å². The average Bonchev–Trinajstić information content (AvgIpc) is 2.98. The normalized spacial score (nSPS) is 15.8. The number of piperidine rings is 1. The summed E-state index contributed by atoms with van der Waals surface area (Å²) in [5, 5.41) is 3.92. The van der Waals surface area contributed by atoms with Crippen LogP contribution in [0.2, 0.25) is 5.15 Å². The maximum absolute atomic E-state index is 12.3. The van der Waals surface area contributed by atoms with E-state index in [4.69, 9.17) is 21.9 Å². The van der Waals surface area contributed by atoms with E-state index in [-0.39, 0.29) is 5.91 Å². The van der Waals surface area contributed by atoms with Gasteiger partial charge in [0, 0.05) is 49.8 Å². The highest BCUT2D eigenvalue weighted by molar-refractivity contribution is 6.29. The Labute approximate surface area is 138 Å². The first-order valence-corrected chi connectivity index (χ1v) is 7.97. The van der Waals surface area contributed by atoms with Crippen molar-refractivity contribution >= 4 is 23.5 Å². The number of carbonyl (C=O) groups is 1. The lowest BCUT2D eigenvalue weighted by atomic mass is 9.93. The van der Waals surface area contributed by atoms with E-state index in [9.17, 15) is 4.79 Å². The Morgan fingerprint density at radius 3 is 2.87 bits per heavy atom. The van der Waals surface area contributed by atoms with Crippen molar-refractivity contribution in [2.75, 3.05) is 18.8 Å². The Morgan fingerprint density at radius 2 is 2.22 bits per heavy atom. The van der Waals surface area contributed by atoms with Crippen LogP contribution in [0.15, 0.2) is 22.9 Å². The number of anilines is 1. The van der Waals surface area contributed by atoms with E-state index in [0.29, 0.717) is 35.6 Å². The minimum Gasteiger partial charge on any atom is -0.368 e. The molecule has 0 aromatic carbocycles. The van der Waals surface area contributed by atoms with Gasteiger partial charge >= 0.3 is 0 Å². The molecule has 1 amide bonds. The maximum atomic E-state index is 12.3. The Balaban J connectivity index is 1.49. The van der Waals surface area contributed by atoms with Crippen LogP contribution in [0.3, 0.4) is 0 Å². The van der Waals surface area contributed by atoms with Crippen molar-refractivity contribution in [3.8, 4) is 0 Å². The van der Waals surface area contributed by atoms with Gasteiger partial charge in [0.25, 0.3) is 0 Å². The third-order valence-electron chi connectivity index (χ3n) is 4.08. The molecule has 0 bridgehead atoms. The Kier molecular flexibility index (Phi) is 4.76. The van der Waals surface area contributed by atoms with E-state index >= 15 is 0 Å². The maximum Gasteiger partial charge on any atom is 0.223 e. The van der Waals surface area contributed by atoms with E-state index in [1.54, 1.807) is 12.3 Å². The zero-order valence-electron chi connectivity index (χ0n) is 12.6. The summed E-state index contributed by atoms with van der Waals surface area (Å²) >= 11 is 5.69. The van der Waals surface area contributed by atoms with Gasteiger partial charge in [-0.15, -0.1) is 0 Å². The van der Waals surface area contributed by atoms with Gasteiger partial charge in [-0.3, -0.25) is 4.79 Å². The topological polar surface area (TPSA) is 98.1 Å². The number of aromatic nitrogens is 3. The van der Waals surface area contributed by atoms with Gasteiger partial charge in [0.15, 0.2) is 5.15 Å². The van der Waals surface area contributed by atoms with Gasteiger partial charge < -0.3 is 15.2 Å². The van der Waals surface area contributed by atoms with Crippen molar-refractivity contribution in [2.45, 2.75) is 31.6 Å². The fraction of sp³-hybridized carbons (Fsp3) is 0.467. The number of carbonyl (C=O) groups excluding carboxylic acids is 1. The van der Waals surface area contributed by atoms with E-state index in [2.05, 4.69) is 15.1 Å². The molecule has 0 spiro atoms. The summed E-state index contributed by atoms with van der Waals surface area (Å²) in [6.07, 6.45) is 4.36. The van der Waals surface area contributed by atoms with Crippen molar-refractivity contribution in [3.05, 3.63) is 34.9 Å². The molecule has 1 aliphatic heterocycles. The summed E-state index contributed by atoms with van der Waals surface area (Å²) in [6, 6.07) is 3.53. The van der Waals surface area contributed by atoms with Crippen LogP contribution in [-0.2, 0) is 11.2 Å². The number of nitrogens with two attached hydrogens (primary N) is 1. The Morgan fingerprint density at radius 1 is 1.43 bits per heavy atom. The van der Waals surface area contributed by atoms with Crippen molar-refractivity contribution < 1.29 is 9.32 Å². The van der Waals surface area contributed by atoms with Crippen LogP contribution in [0.5, 0.6) is 0 Å². The number of halogens is 1. The van der Waals surface area contributed by atoms with Crippen LogP contribution < -0.4 is 5.73 Å². The Hall–Kier alpha value is -2.15. The summed E-state index contributed by atoms with van der Waals surface area (Å²) in [4.78, 5) is 22.3. The molecule has 2 N–H and O–H groups in total. The van der Waals surface area contributed by atoms with Gasteiger partial charge in [-0.2, -0.15) is 0 Å². The summed E-state index contributed by atoms with van der Waals surface area (Å²) in [6.45, 7) is 1.45. The summed E-state index contributed by atoms with van der Waals surface area (Å²) < 4.78 is 5.01. The fourth-order valence-electron chi connectivity index (χ4n) is 2.83. The lowest BCUT2D eigenvalue weighted by molar-refractivity contribution is -0.132. The number of nitrogen functional groups attached to an aromatic ring is 1. The summed E-state index contributed by atoms with van der Waals surface area (Å²) in [7, 11) is 0. The van der Waals surface area contributed by atoms with Gasteiger partial charge in [-0.1, -0.05) is 16.8 Å². The molecule has 0 saturated carbocycles. The van der Waals surface area contributed by atoms with E-state index < -0.39 is 0 Å². The fourth-order valence-corrected chi connectivity index (χ4v) is 2.99. The average molecular weight is 336 g/mol. The number of likely N-dealkylation sites (tertiary alicyclic amines) is 1. The first kappa shape index (κ1) is 15.7. The van der Waals surface area contributed by atoms with Gasteiger partial charge in [0.1, 0.15) is 5.76 Å². The van der Waals surface area contributed by atoms with Crippen molar-refractivity contribution in [1.29, 1.82) is 0 Å². The predicted molar refractivity (Wildman–Crippen MR) is 84.8 cm³/mol. The SMILES string of the molecule is Nc1nccc(C2CCN(C(=O)CCc3cc(Cl)no3)CC2)n1. The molecule has 8 heteroatoms. The highest BCUT2D eigenvalue weighted by Crippen LogP contribution is 2.27. The molecule has 2 aromatic rings. The molecular weight excluding hydrogens is 318 g/mol. The molecular formula is C15H18ClN5O2. The molecule has 0 radical (unpaired) electrons. The van der Waals surface area contributed by atoms with Crippen LogP contribution in [0.1, 0.15) is 36.6 Å². The zero-order chi connectivity index (χ0) is 16.2. The number of rotatable bonds is 4. The largest absolute Gasteiger partial charge is 0.368 e. The molecule has 3 heterocycles. The standard InChI is InChI=1S/C15H18ClN5O2/c16-13-9-11(23-20-13)1-2-14(22)21-7-4-10(5-8-21)12-3-6-18-15(17)19-12/h3,6,9-10H,1-2,4-5,7-8H2,(H2,17,18,19). The molecule has 2 aromatic heterocycles. The quantitative estimate of drug-likeness (QED) is 0.918. The molecule has 3 rings (SSSR count). The van der Waals surface area contributed by atoms with E-state index in [0.717, 1.165) is 31.6 Å². The molecule has 23 heavy (non-hydrogen) atoms. The number of hydrogen-bond donors (Lipinski definition) is 1. The lowest BCUT2D eigenvalue weighted by Crippen LogP contribution is -2.38. The minimum atomic E-state index is 0.123. The van der Waals surface area contributed by atoms with Crippen molar-refractivity contribution in [1.82, 2.24) is 20.0 Å². The number of nitrogens with zero attached hydrogens (tertiary/aromatic N) is 4. The molecule has 122 valence electrons. The third-order valence-corrected chi connectivity index (χ3v) is 4.26. The smallest absolute Gasteiger partial charge is 0.223 e. The molecule has 0 atom stereocenters. The molecule has 0 aliphatic carbocycles. The number of hydrogen-bond acceptors (Lipinski definition) is 6. The zero-order valence-corrected chi connectivity index (χ0v) is 13.4. The van der Waals surface area contributed by atoms with Gasteiger partial charge in [0.2, 0.25) is 11.9 Å². The van der Waals surface area contributed by atoms with Gasteiger partial charge in [-0.05, 0) is 18.9 Å². The van der Waals surface area contributed by atoms with E-state index in [1.165, 1.54) is 0 Å². The van der Waals surface area contributed by atoms with Crippen LogP contribution >= 0.6 is 11.6 Å². The van der Waals surface area contributed by atoms with Crippen LogP contribution in [0, 0.1) is 0 Å². The lowest BCUT2D eigenvalue weighted by Gasteiger charge is -2.31. The minimum absolute atomic E-state index is 0.123. The Bertz CT molecular complexity index is 682. The number of amides is 1.